The Bertz CT molecular complexity index is 1190. The van der Waals surface area contributed by atoms with Crippen LogP contribution in [0.5, 0.6) is 0 Å². The number of hydrogen-bond acceptors (Lipinski definition) is 8. The van der Waals surface area contributed by atoms with Gasteiger partial charge in [-0.15, -0.1) is 11.3 Å². The Morgan fingerprint density at radius 1 is 1.22 bits per heavy atom. The van der Waals surface area contributed by atoms with E-state index < -0.39 is 17.8 Å². The van der Waals surface area contributed by atoms with E-state index >= 15 is 0 Å². The van der Waals surface area contributed by atoms with Gasteiger partial charge in [0, 0.05) is 0 Å². The van der Waals surface area contributed by atoms with Crippen LogP contribution in [0.2, 0.25) is 0 Å². The highest BCUT2D eigenvalue weighted by Gasteiger charge is 2.27. The number of amides is 1. The lowest BCUT2D eigenvalue weighted by Gasteiger charge is -2.05. The molecule has 3 aromatic heterocycles. The van der Waals surface area contributed by atoms with E-state index in [9.17, 15) is 14.4 Å². The van der Waals surface area contributed by atoms with Gasteiger partial charge < -0.3 is 19.2 Å². The third-order valence-corrected chi connectivity index (χ3v) is 7.04. The number of ether oxygens (including phenoxy) is 2. The Kier molecular flexibility index (Phi) is 7.19. The molecule has 0 unspecified atom stereocenters. The Hall–Kier alpha value is -2.92. The lowest BCUT2D eigenvalue weighted by molar-refractivity contribution is 0.0531. The van der Waals surface area contributed by atoms with Gasteiger partial charge in [-0.3, -0.25) is 9.48 Å². The largest absolute Gasteiger partial charge is 0.465 e. The SMILES string of the molecule is CCOC(=O)c1sc(NC(=O)c2ccc(Cn3nc(C)c(Br)c3C)o2)c(C(=O)OC)c1C. The van der Waals surface area contributed by atoms with E-state index in [4.69, 9.17) is 13.9 Å². The van der Waals surface area contributed by atoms with Crippen molar-refractivity contribution < 1.29 is 28.3 Å². The summed E-state index contributed by atoms with van der Waals surface area (Å²) in [5, 5.41) is 7.26. The van der Waals surface area contributed by atoms with Crippen LogP contribution in [0.25, 0.3) is 0 Å². The molecule has 170 valence electrons. The molecule has 32 heavy (non-hydrogen) atoms. The summed E-state index contributed by atoms with van der Waals surface area (Å²) in [7, 11) is 1.23. The molecule has 0 fully saturated rings. The van der Waals surface area contributed by atoms with Crippen LogP contribution in [-0.2, 0) is 16.0 Å². The molecule has 0 aliphatic rings. The van der Waals surface area contributed by atoms with Crippen molar-refractivity contribution in [1.82, 2.24) is 9.78 Å². The van der Waals surface area contributed by atoms with Gasteiger partial charge in [0.15, 0.2) is 5.76 Å². The van der Waals surface area contributed by atoms with Crippen molar-refractivity contribution in [2.45, 2.75) is 34.2 Å². The predicted octanol–water partition coefficient (Wildman–Crippen LogP) is 4.49. The molecule has 3 aromatic rings. The predicted molar refractivity (Wildman–Crippen MR) is 122 cm³/mol. The monoisotopic (exact) mass is 523 g/mol. The molecule has 1 N–H and O–H groups in total. The van der Waals surface area contributed by atoms with Crippen LogP contribution in [0.15, 0.2) is 21.0 Å². The summed E-state index contributed by atoms with van der Waals surface area (Å²) in [4.78, 5) is 37.5. The molecule has 0 aromatic carbocycles. The molecule has 0 aliphatic heterocycles. The van der Waals surface area contributed by atoms with Crippen molar-refractivity contribution in [2.75, 3.05) is 19.0 Å². The second-order valence-electron chi connectivity index (χ2n) is 6.83. The lowest BCUT2D eigenvalue weighted by atomic mass is 10.1. The second-order valence-corrected chi connectivity index (χ2v) is 8.65. The van der Waals surface area contributed by atoms with E-state index in [2.05, 4.69) is 26.3 Å². The highest BCUT2D eigenvalue weighted by atomic mass is 79.9. The maximum atomic E-state index is 12.8. The molecule has 0 aliphatic carbocycles. The average Bonchev–Trinajstić information content (AvgIpc) is 3.42. The number of nitrogens with one attached hydrogen (secondary N) is 1. The topological polar surface area (TPSA) is 113 Å². The third-order valence-electron chi connectivity index (χ3n) is 4.71. The standard InChI is InChI=1S/C21H22BrN3O6S/c1-6-30-21(28)17-10(2)15(20(27)29-5)19(32-17)23-18(26)14-8-7-13(31-14)9-25-12(4)16(22)11(3)24-25/h7-8H,6,9H2,1-5H3,(H,23,26). The van der Waals surface area contributed by atoms with Gasteiger partial charge in [0.05, 0.1) is 41.7 Å². The van der Waals surface area contributed by atoms with Crippen LogP contribution >= 0.6 is 27.3 Å². The van der Waals surface area contributed by atoms with Crippen molar-refractivity contribution in [1.29, 1.82) is 0 Å². The zero-order chi connectivity index (χ0) is 23.6. The normalized spacial score (nSPS) is 10.8. The number of methoxy groups -OCH3 is 1. The van der Waals surface area contributed by atoms with Crippen LogP contribution in [0.4, 0.5) is 5.00 Å². The van der Waals surface area contributed by atoms with Gasteiger partial charge in [-0.05, 0) is 61.3 Å². The fourth-order valence-corrected chi connectivity index (χ4v) is 4.43. The van der Waals surface area contributed by atoms with Crippen molar-refractivity contribution in [3.8, 4) is 0 Å². The molecule has 3 heterocycles. The minimum Gasteiger partial charge on any atom is -0.465 e. The number of carbonyl (C=O) groups is 3. The number of carbonyl (C=O) groups excluding carboxylic acids is 3. The van der Waals surface area contributed by atoms with E-state index in [1.54, 1.807) is 24.6 Å². The Morgan fingerprint density at radius 3 is 2.53 bits per heavy atom. The molecule has 0 bridgehead atoms. The summed E-state index contributed by atoms with van der Waals surface area (Å²) in [6.45, 7) is 7.64. The summed E-state index contributed by atoms with van der Waals surface area (Å²) in [5.41, 5.74) is 2.28. The maximum absolute atomic E-state index is 12.8. The molecule has 9 nitrogen and oxygen atoms in total. The molecule has 0 saturated carbocycles. The summed E-state index contributed by atoms with van der Waals surface area (Å²) in [6, 6.07) is 3.22. The number of aromatic nitrogens is 2. The zero-order valence-corrected chi connectivity index (χ0v) is 20.6. The van der Waals surface area contributed by atoms with Crippen molar-refractivity contribution >= 4 is 50.1 Å². The summed E-state index contributed by atoms with van der Waals surface area (Å²) in [5.74, 6) is -1.21. The number of anilines is 1. The summed E-state index contributed by atoms with van der Waals surface area (Å²) in [6.07, 6.45) is 0. The van der Waals surface area contributed by atoms with Crippen molar-refractivity contribution in [3.05, 3.63) is 55.5 Å². The first-order chi connectivity index (χ1) is 15.2. The van der Waals surface area contributed by atoms with Gasteiger partial charge in [0.25, 0.3) is 5.91 Å². The quantitative estimate of drug-likeness (QED) is 0.453. The Morgan fingerprint density at radius 2 is 1.94 bits per heavy atom. The van der Waals surface area contributed by atoms with E-state index in [-0.39, 0.29) is 27.8 Å². The molecule has 0 saturated heterocycles. The van der Waals surface area contributed by atoms with Crippen LogP contribution in [0.3, 0.4) is 0 Å². The second kappa shape index (κ2) is 9.70. The van der Waals surface area contributed by atoms with Crippen LogP contribution in [0.1, 0.15) is 60.2 Å². The summed E-state index contributed by atoms with van der Waals surface area (Å²) >= 11 is 4.43. The number of furan rings is 1. The van der Waals surface area contributed by atoms with Gasteiger partial charge in [-0.25, -0.2) is 9.59 Å². The van der Waals surface area contributed by atoms with Gasteiger partial charge >= 0.3 is 11.9 Å². The zero-order valence-electron chi connectivity index (χ0n) is 18.2. The fraction of sp³-hybridized carbons (Fsp3) is 0.333. The van der Waals surface area contributed by atoms with Crippen LogP contribution in [-0.4, -0.2) is 41.3 Å². The highest BCUT2D eigenvalue weighted by molar-refractivity contribution is 9.10. The summed E-state index contributed by atoms with van der Waals surface area (Å²) < 4.78 is 18.2. The van der Waals surface area contributed by atoms with Gasteiger partial charge in [0.2, 0.25) is 0 Å². The van der Waals surface area contributed by atoms with Gasteiger partial charge in [0.1, 0.15) is 15.6 Å². The molecule has 0 spiro atoms. The number of esters is 2. The number of aryl methyl sites for hydroxylation is 1. The molecular formula is C21H22BrN3O6S. The van der Waals surface area contributed by atoms with Crippen molar-refractivity contribution in [3.63, 3.8) is 0 Å². The van der Waals surface area contributed by atoms with E-state index in [1.807, 2.05) is 13.8 Å². The highest BCUT2D eigenvalue weighted by Crippen LogP contribution is 2.34. The molecule has 1 amide bonds. The molecule has 3 rings (SSSR count). The Balaban J connectivity index is 1.84. The first kappa shape index (κ1) is 23.7. The lowest BCUT2D eigenvalue weighted by Crippen LogP contribution is -2.13. The number of hydrogen-bond donors (Lipinski definition) is 1. The van der Waals surface area contributed by atoms with Gasteiger partial charge in [-0.2, -0.15) is 5.10 Å². The minimum absolute atomic E-state index is 0.0557. The van der Waals surface area contributed by atoms with E-state index in [0.29, 0.717) is 17.9 Å². The Labute approximate surface area is 196 Å². The molecule has 0 atom stereocenters. The first-order valence-electron chi connectivity index (χ1n) is 9.66. The van der Waals surface area contributed by atoms with Crippen LogP contribution < -0.4 is 5.32 Å². The van der Waals surface area contributed by atoms with Crippen LogP contribution in [0, 0.1) is 20.8 Å². The fourth-order valence-electron chi connectivity index (χ4n) is 3.07. The van der Waals surface area contributed by atoms with Gasteiger partial charge in [-0.1, -0.05) is 0 Å². The van der Waals surface area contributed by atoms with E-state index in [1.165, 1.54) is 13.2 Å². The number of rotatable bonds is 7. The molecule has 11 heteroatoms. The molecular weight excluding hydrogens is 502 g/mol. The molecule has 0 radical (unpaired) electrons. The number of halogens is 1. The van der Waals surface area contributed by atoms with E-state index in [0.717, 1.165) is 27.2 Å². The first-order valence-corrected chi connectivity index (χ1v) is 11.3. The third kappa shape index (κ3) is 4.63. The minimum atomic E-state index is -0.667. The van der Waals surface area contributed by atoms with Crippen molar-refractivity contribution in [2.24, 2.45) is 0 Å². The number of nitrogens with zero attached hydrogens (tertiary/aromatic N) is 2. The average molecular weight is 524 g/mol. The number of thiophene rings is 1. The smallest absolute Gasteiger partial charge is 0.348 e. The maximum Gasteiger partial charge on any atom is 0.348 e.